The van der Waals surface area contributed by atoms with E-state index in [1.165, 1.54) is 12.1 Å². The van der Waals surface area contributed by atoms with Crippen LogP contribution in [-0.4, -0.2) is 33.6 Å². The summed E-state index contributed by atoms with van der Waals surface area (Å²) in [6, 6.07) is 2.81. The molecule has 7 heteroatoms. The summed E-state index contributed by atoms with van der Waals surface area (Å²) in [5.74, 6) is -0.646. The molecule has 1 aromatic rings. The number of carbonyl (C=O) groups excluding carboxylic acids is 1. The number of hydrogen-bond donors (Lipinski definition) is 0. The van der Waals surface area contributed by atoms with Gasteiger partial charge in [-0.1, -0.05) is 15.9 Å². The maximum absolute atomic E-state index is 12.0. The highest BCUT2D eigenvalue weighted by Gasteiger charge is 2.34. The maximum Gasteiger partial charge on any atom is 0.433 e. The van der Waals surface area contributed by atoms with Crippen molar-refractivity contribution in [3.05, 3.63) is 28.0 Å². The molecule has 0 aliphatic heterocycles. The van der Waals surface area contributed by atoms with Gasteiger partial charge in [-0.15, -0.1) is 0 Å². The smallest absolute Gasteiger partial charge is 0.395 e. The third-order valence-electron chi connectivity index (χ3n) is 2.56. The van der Waals surface area contributed by atoms with Crippen molar-refractivity contribution >= 4 is 27.7 Å². The van der Waals surface area contributed by atoms with E-state index in [2.05, 4.69) is 15.9 Å². The van der Waals surface area contributed by atoms with Gasteiger partial charge in [0.15, 0.2) is 5.76 Å². The minimum Gasteiger partial charge on any atom is -0.395 e. The van der Waals surface area contributed by atoms with E-state index in [0.29, 0.717) is 11.9 Å². The Morgan fingerprint density at radius 1 is 1.59 bits per heavy atom. The van der Waals surface area contributed by atoms with Crippen molar-refractivity contribution in [2.24, 2.45) is 0 Å². The van der Waals surface area contributed by atoms with Gasteiger partial charge >= 0.3 is 5.88 Å². The van der Waals surface area contributed by atoms with Crippen molar-refractivity contribution in [2.45, 2.75) is 18.9 Å². The predicted molar refractivity (Wildman–Crippen MR) is 63.2 cm³/mol. The largest absolute Gasteiger partial charge is 0.433 e. The zero-order chi connectivity index (χ0) is 12.4. The van der Waals surface area contributed by atoms with Gasteiger partial charge in [-0.25, -0.2) is 0 Å². The molecule has 1 amide bonds. The van der Waals surface area contributed by atoms with Crippen molar-refractivity contribution < 1.29 is 14.1 Å². The number of carbonyl (C=O) groups is 1. The normalized spacial score (nSPS) is 14.6. The molecule has 0 saturated heterocycles. The van der Waals surface area contributed by atoms with Crippen LogP contribution in [-0.2, 0) is 0 Å². The zero-order valence-corrected chi connectivity index (χ0v) is 10.6. The van der Waals surface area contributed by atoms with Crippen LogP contribution in [0.1, 0.15) is 23.4 Å². The second-order valence-corrected chi connectivity index (χ2v) is 4.61. The van der Waals surface area contributed by atoms with Gasteiger partial charge in [0.25, 0.3) is 5.91 Å². The highest BCUT2D eigenvalue weighted by atomic mass is 79.9. The molecular formula is C10H11BrN2O4. The molecule has 1 aliphatic carbocycles. The molecule has 0 atom stereocenters. The Balaban J connectivity index is 2.13. The van der Waals surface area contributed by atoms with Crippen molar-refractivity contribution in [3.8, 4) is 0 Å². The average molecular weight is 303 g/mol. The first-order valence-electron chi connectivity index (χ1n) is 5.24. The lowest BCUT2D eigenvalue weighted by molar-refractivity contribution is -0.402. The van der Waals surface area contributed by atoms with Crippen LogP contribution in [0.5, 0.6) is 0 Å². The summed E-state index contributed by atoms with van der Waals surface area (Å²) in [6.45, 7) is 0.581. The molecule has 92 valence electrons. The highest BCUT2D eigenvalue weighted by Crippen LogP contribution is 2.29. The number of hydrogen-bond acceptors (Lipinski definition) is 4. The van der Waals surface area contributed by atoms with Gasteiger partial charge in [0.2, 0.25) is 0 Å². The van der Waals surface area contributed by atoms with E-state index >= 15 is 0 Å². The average Bonchev–Trinajstić information content (AvgIpc) is 3.00. The molecular weight excluding hydrogens is 292 g/mol. The van der Waals surface area contributed by atoms with Gasteiger partial charge in [0.05, 0.1) is 6.07 Å². The monoisotopic (exact) mass is 302 g/mol. The Labute approximate surface area is 106 Å². The minimum atomic E-state index is -0.650. The van der Waals surface area contributed by atoms with Crippen LogP contribution in [0.25, 0.3) is 0 Å². The topological polar surface area (TPSA) is 76.6 Å². The van der Waals surface area contributed by atoms with Gasteiger partial charge in [-0.05, 0) is 18.9 Å². The van der Waals surface area contributed by atoms with E-state index in [9.17, 15) is 14.9 Å². The van der Waals surface area contributed by atoms with E-state index in [-0.39, 0.29) is 17.7 Å². The van der Waals surface area contributed by atoms with E-state index < -0.39 is 10.8 Å². The first-order chi connectivity index (χ1) is 8.13. The lowest BCUT2D eigenvalue weighted by Crippen LogP contribution is -2.34. The summed E-state index contributed by atoms with van der Waals surface area (Å²) in [5, 5.41) is 11.1. The fourth-order valence-corrected chi connectivity index (χ4v) is 1.99. The predicted octanol–water partition coefficient (Wildman–Crippen LogP) is 2.19. The van der Waals surface area contributed by atoms with E-state index in [1.807, 2.05) is 0 Å². The van der Waals surface area contributed by atoms with Crippen LogP contribution in [0, 0.1) is 10.1 Å². The molecule has 0 aromatic carbocycles. The Bertz CT molecular complexity index is 441. The number of nitrogens with zero attached hydrogens (tertiary/aromatic N) is 2. The molecule has 1 aromatic heterocycles. The third-order valence-corrected chi connectivity index (χ3v) is 2.91. The lowest BCUT2D eigenvalue weighted by Gasteiger charge is -2.19. The summed E-state index contributed by atoms with van der Waals surface area (Å²) in [7, 11) is 0. The fraction of sp³-hybridized carbons (Fsp3) is 0.500. The van der Waals surface area contributed by atoms with Gasteiger partial charge < -0.3 is 9.32 Å². The second kappa shape index (κ2) is 4.87. The molecule has 1 fully saturated rings. The number of amides is 1. The molecule has 17 heavy (non-hydrogen) atoms. The number of halogens is 1. The number of furan rings is 1. The van der Waals surface area contributed by atoms with Gasteiger partial charge in [-0.3, -0.25) is 14.9 Å². The van der Waals surface area contributed by atoms with Gasteiger partial charge in [-0.2, -0.15) is 0 Å². The SMILES string of the molecule is O=C(c1ccc([N+](=O)[O-])o1)N(CCBr)C1CC1. The van der Waals surface area contributed by atoms with Crippen LogP contribution in [0.2, 0.25) is 0 Å². The Morgan fingerprint density at radius 3 is 2.76 bits per heavy atom. The van der Waals surface area contributed by atoms with Crippen molar-refractivity contribution in [3.63, 3.8) is 0 Å². The molecule has 2 rings (SSSR count). The minimum absolute atomic E-state index is 0.0320. The summed E-state index contributed by atoms with van der Waals surface area (Å²) in [6.07, 6.45) is 1.98. The number of nitro groups is 1. The summed E-state index contributed by atoms with van der Waals surface area (Å²) in [5.41, 5.74) is 0. The van der Waals surface area contributed by atoms with Crippen LogP contribution in [0.15, 0.2) is 16.5 Å². The second-order valence-electron chi connectivity index (χ2n) is 3.81. The molecule has 1 heterocycles. The van der Waals surface area contributed by atoms with Crippen molar-refractivity contribution in [1.29, 1.82) is 0 Å². The molecule has 6 nitrogen and oxygen atoms in total. The molecule has 0 radical (unpaired) electrons. The third kappa shape index (κ3) is 2.66. The Kier molecular flexibility index (Phi) is 3.46. The van der Waals surface area contributed by atoms with Crippen molar-refractivity contribution in [1.82, 2.24) is 4.90 Å². The van der Waals surface area contributed by atoms with Gasteiger partial charge in [0.1, 0.15) is 4.92 Å². The highest BCUT2D eigenvalue weighted by molar-refractivity contribution is 9.09. The molecule has 1 saturated carbocycles. The fourth-order valence-electron chi connectivity index (χ4n) is 1.61. The Hall–Kier alpha value is -1.37. The molecule has 0 spiro atoms. The van der Waals surface area contributed by atoms with Crippen LogP contribution in [0.4, 0.5) is 5.88 Å². The van der Waals surface area contributed by atoms with Crippen molar-refractivity contribution in [2.75, 3.05) is 11.9 Å². The van der Waals surface area contributed by atoms with Crippen LogP contribution >= 0.6 is 15.9 Å². The van der Waals surface area contributed by atoms with E-state index in [4.69, 9.17) is 4.42 Å². The molecule has 0 N–H and O–H groups in total. The molecule has 1 aliphatic rings. The van der Waals surface area contributed by atoms with Crippen LogP contribution < -0.4 is 0 Å². The van der Waals surface area contributed by atoms with E-state index in [1.54, 1.807) is 4.90 Å². The van der Waals surface area contributed by atoms with Gasteiger partial charge in [0, 0.05) is 17.9 Å². The first-order valence-corrected chi connectivity index (χ1v) is 6.37. The Morgan fingerprint density at radius 2 is 2.29 bits per heavy atom. The first kappa shape index (κ1) is 12.1. The maximum atomic E-state index is 12.0. The zero-order valence-electron chi connectivity index (χ0n) is 8.97. The number of alkyl halides is 1. The lowest BCUT2D eigenvalue weighted by atomic mass is 10.3. The number of rotatable bonds is 5. The van der Waals surface area contributed by atoms with E-state index in [0.717, 1.165) is 12.8 Å². The quantitative estimate of drug-likeness (QED) is 0.474. The molecule has 0 bridgehead atoms. The summed E-state index contributed by atoms with van der Waals surface area (Å²) >= 11 is 3.28. The standard InChI is InChI=1S/C10H11BrN2O4/c11-5-6-12(7-1-2-7)10(14)8-3-4-9(17-8)13(15)16/h3-4,7H,1-2,5-6H2. The summed E-state index contributed by atoms with van der Waals surface area (Å²) < 4.78 is 4.91. The molecule has 0 unspecified atom stereocenters. The van der Waals surface area contributed by atoms with Crippen LogP contribution in [0.3, 0.4) is 0 Å². The summed E-state index contributed by atoms with van der Waals surface area (Å²) in [4.78, 5) is 23.5.